The summed E-state index contributed by atoms with van der Waals surface area (Å²) >= 11 is 0. The molecule has 0 aliphatic carbocycles. The Morgan fingerprint density at radius 1 is 1.00 bits per heavy atom. The van der Waals surface area contributed by atoms with E-state index in [0.29, 0.717) is 23.3 Å². The van der Waals surface area contributed by atoms with E-state index in [2.05, 4.69) is 23.0 Å². The number of hydrogen-bond acceptors (Lipinski definition) is 6. The summed E-state index contributed by atoms with van der Waals surface area (Å²) in [5.41, 5.74) is 2.14. The number of rotatable bonds is 11. The maximum atomic E-state index is 13.6. The first-order valence-corrected chi connectivity index (χ1v) is 16.0. The molecule has 1 heterocycles. The number of likely N-dealkylation sites (N-methyl/N-ethyl adjacent to an activating group) is 1. The summed E-state index contributed by atoms with van der Waals surface area (Å²) in [5.74, 6) is -0.406. The molecular weight excluding hydrogens is 587 g/mol. The number of phenolic OH excluding ortho intramolecular Hbond substituents is 1. The lowest BCUT2D eigenvalue weighted by molar-refractivity contribution is -0.927. The molecule has 1 aliphatic heterocycles. The molecule has 0 bridgehead atoms. The van der Waals surface area contributed by atoms with Gasteiger partial charge in [-0.05, 0) is 80.8 Å². The number of nitrogens with one attached hydrogen (secondary N) is 3. The Morgan fingerprint density at radius 2 is 1.64 bits per heavy atom. The fraction of sp³-hybridized carbons (Fsp3) is 0.375. The van der Waals surface area contributed by atoms with Crippen LogP contribution in [0.25, 0.3) is 0 Å². The number of likely N-dealkylation sites (tertiary alicyclic amines) is 1. The molecule has 3 amide bonds. The Balaban J connectivity index is 1.41. The molecule has 1 unspecified atom stereocenters. The number of anilines is 1. The average Bonchev–Trinajstić information content (AvgIpc) is 2.96. The monoisotopic (exact) mass is 627 g/mol. The second-order valence-electron chi connectivity index (χ2n) is 11.8. The molecule has 0 spiro atoms. The van der Waals surface area contributed by atoms with Crippen LogP contribution in [0.1, 0.15) is 37.8 Å². The van der Waals surface area contributed by atoms with Crippen molar-refractivity contribution in [3.05, 3.63) is 89.7 Å². The summed E-state index contributed by atoms with van der Waals surface area (Å²) in [6.07, 6.45) is 1.88. The smallest absolute Gasteiger partial charge is 0.319 e. The summed E-state index contributed by atoms with van der Waals surface area (Å²) in [5, 5.41) is 17.5. The SMILES string of the molecule is CC(C)S(=O)(=O)Oc1ccc(NC(=O)N[C@@H](Cc2ccc(O)cc2)C(=O)N[C@H]2CCC[N+](C)(Cc3ccc(F)cc3)C2)cc1. The predicted molar refractivity (Wildman–Crippen MR) is 166 cm³/mol. The van der Waals surface area contributed by atoms with Crippen molar-refractivity contribution in [2.75, 3.05) is 25.5 Å². The molecule has 44 heavy (non-hydrogen) atoms. The van der Waals surface area contributed by atoms with E-state index in [1.165, 1.54) is 62.4 Å². The van der Waals surface area contributed by atoms with Gasteiger partial charge in [0.05, 0.1) is 31.4 Å². The normalized spacial score (nSPS) is 19.2. The highest BCUT2D eigenvalue weighted by Gasteiger charge is 2.34. The summed E-state index contributed by atoms with van der Waals surface area (Å²) in [7, 11) is -1.64. The second-order valence-corrected chi connectivity index (χ2v) is 13.9. The van der Waals surface area contributed by atoms with Crippen LogP contribution < -0.4 is 20.1 Å². The van der Waals surface area contributed by atoms with Gasteiger partial charge in [0.1, 0.15) is 29.9 Å². The van der Waals surface area contributed by atoms with Gasteiger partial charge in [0, 0.05) is 17.7 Å². The van der Waals surface area contributed by atoms with Crippen LogP contribution >= 0.6 is 0 Å². The highest BCUT2D eigenvalue weighted by atomic mass is 32.2. The van der Waals surface area contributed by atoms with Gasteiger partial charge in [0.25, 0.3) is 0 Å². The van der Waals surface area contributed by atoms with Crippen molar-refractivity contribution >= 4 is 27.7 Å². The van der Waals surface area contributed by atoms with E-state index in [9.17, 15) is 27.5 Å². The number of carbonyl (C=O) groups excluding carboxylic acids is 2. The molecule has 12 heteroatoms. The number of piperidine rings is 1. The average molecular weight is 628 g/mol. The van der Waals surface area contributed by atoms with Gasteiger partial charge in [-0.1, -0.05) is 24.3 Å². The molecule has 1 aliphatic rings. The zero-order valence-corrected chi connectivity index (χ0v) is 25.9. The fourth-order valence-corrected chi connectivity index (χ4v) is 5.83. The van der Waals surface area contributed by atoms with Crippen molar-refractivity contribution in [3.8, 4) is 11.5 Å². The van der Waals surface area contributed by atoms with Crippen molar-refractivity contribution in [1.29, 1.82) is 0 Å². The topological polar surface area (TPSA) is 134 Å². The van der Waals surface area contributed by atoms with Gasteiger partial charge in [-0.2, -0.15) is 8.42 Å². The van der Waals surface area contributed by atoms with Gasteiger partial charge in [0.15, 0.2) is 0 Å². The second kappa shape index (κ2) is 14.1. The van der Waals surface area contributed by atoms with Gasteiger partial charge in [-0.15, -0.1) is 0 Å². The first kappa shape index (κ1) is 32.7. The van der Waals surface area contributed by atoms with Crippen molar-refractivity contribution in [2.24, 2.45) is 0 Å². The minimum absolute atomic E-state index is 0.0921. The molecule has 3 aromatic carbocycles. The summed E-state index contributed by atoms with van der Waals surface area (Å²) in [4.78, 5) is 26.6. The van der Waals surface area contributed by atoms with Crippen LogP contribution in [0.2, 0.25) is 0 Å². The molecule has 236 valence electrons. The largest absolute Gasteiger partial charge is 0.508 e. The quantitative estimate of drug-likeness (QED) is 0.185. The third kappa shape index (κ3) is 9.42. The Morgan fingerprint density at radius 3 is 2.27 bits per heavy atom. The maximum Gasteiger partial charge on any atom is 0.319 e. The summed E-state index contributed by atoms with van der Waals surface area (Å²) in [6.45, 7) is 5.34. The molecule has 4 N–H and O–H groups in total. The van der Waals surface area contributed by atoms with Crippen LogP contribution in [-0.2, 0) is 27.9 Å². The van der Waals surface area contributed by atoms with Gasteiger partial charge in [-0.3, -0.25) is 4.79 Å². The van der Waals surface area contributed by atoms with Gasteiger partial charge in [-0.25, -0.2) is 9.18 Å². The maximum absolute atomic E-state index is 13.6. The minimum Gasteiger partial charge on any atom is -0.508 e. The number of amides is 3. The zero-order valence-electron chi connectivity index (χ0n) is 25.1. The number of nitrogens with zero attached hydrogens (tertiary/aromatic N) is 1. The van der Waals surface area contributed by atoms with Crippen LogP contribution in [-0.4, -0.2) is 67.4 Å². The van der Waals surface area contributed by atoms with Crippen LogP contribution in [0, 0.1) is 5.82 Å². The Hall–Kier alpha value is -4.16. The molecule has 3 atom stereocenters. The number of phenols is 1. The summed E-state index contributed by atoms with van der Waals surface area (Å²) in [6, 6.07) is 17.1. The minimum atomic E-state index is -3.76. The van der Waals surface area contributed by atoms with Crippen LogP contribution in [0.15, 0.2) is 72.8 Å². The lowest BCUT2D eigenvalue weighted by Gasteiger charge is -2.42. The summed E-state index contributed by atoms with van der Waals surface area (Å²) < 4.78 is 43.2. The van der Waals surface area contributed by atoms with Gasteiger partial charge >= 0.3 is 16.1 Å². The molecule has 4 rings (SSSR count). The van der Waals surface area contributed by atoms with E-state index in [-0.39, 0.29) is 35.7 Å². The van der Waals surface area contributed by atoms with E-state index >= 15 is 0 Å². The molecule has 10 nitrogen and oxygen atoms in total. The fourth-order valence-electron chi connectivity index (χ4n) is 5.25. The van der Waals surface area contributed by atoms with E-state index in [0.717, 1.165) is 30.5 Å². The molecular formula is C32H40FN4O6S+. The zero-order chi connectivity index (χ0) is 31.9. The van der Waals surface area contributed by atoms with Crippen molar-refractivity contribution in [3.63, 3.8) is 0 Å². The van der Waals surface area contributed by atoms with Crippen molar-refractivity contribution < 1.29 is 36.2 Å². The third-order valence-corrected chi connectivity index (χ3v) is 9.21. The molecule has 3 aromatic rings. The van der Waals surface area contributed by atoms with E-state index in [1.807, 2.05) is 0 Å². The molecule has 1 fully saturated rings. The molecule has 1 saturated heterocycles. The Kier molecular flexibility index (Phi) is 10.5. The van der Waals surface area contributed by atoms with E-state index in [1.54, 1.807) is 24.3 Å². The number of aromatic hydroxyl groups is 1. The molecule has 0 radical (unpaired) electrons. The van der Waals surface area contributed by atoms with E-state index in [4.69, 9.17) is 4.18 Å². The van der Waals surface area contributed by atoms with Crippen molar-refractivity contribution in [1.82, 2.24) is 10.6 Å². The lowest BCUT2D eigenvalue weighted by atomic mass is 10.00. The standard InChI is InChI=1S/C32H39FN4O6S/c1-22(2)44(41,42)43-29-16-12-26(13-17-29)35-32(40)36-30(19-23-8-14-28(38)15-9-23)31(39)34-27-5-4-18-37(3,21-27)20-24-6-10-25(33)11-7-24/h6-17,22,27,30H,4-5,18-21H2,1-3H3,(H3-,34,35,36,38,39,40)/p+1/t27-,30-,37?/m0/s1. The van der Waals surface area contributed by atoms with Gasteiger partial charge < -0.3 is 29.7 Å². The van der Waals surface area contributed by atoms with Crippen LogP contribution in [0.5, 0.6) is 11.5 Å². The number of quaternary nitrogens is 1. The number of urea groups is 1. The highest BCUT2D eigenvalue weighted by molar-refractivity contribution is 7.87. The number of hydrogen-bond donors (Lipinski definition) is 4. The van der Waals surface area contributed by atoms with E-state index < -0.39 is 27.4 Å². The van der Waals surface area contributed by atoms with Crippen LogP contribution in [0.3, 0.4) is 0 Å². The Bertz CT molecular complexity index is 1530. The molecule has 0 saturated carbocycles. The van der Waals surface area contributed by atoms with Crippen LogP contribution in [0.4, 0.5) is 14.9 Å². The number of benzene rings is 3. The first-order valence-electron chi connectivity index (χ1n) is 14.6. The Labute approximate surface area is 257 Å². The number of halogens is 1. The predicted octanol–water partition coefficient (Wildman–Crippen LogP) is 4.31. The lowest BCUT2D eigenvalue weighted by Crippen LogP contribution is -2.59. The van der Waals surface area contributed by atoms with Crippen molar-refractivity contribution in [2.45, 2.75) is 57.0 Å². The third-order valence-electron chi connectivity index (χ3n) is 7.64. The number of carbonyl (C=O) groups is 2. The van der Waals surface area contributed by atoms with Gasteiger partial charge in [0.2, 0.25) is 5.91 Å². The molecule has 0 aromatic heterocycles. The highest BCUT2D eigenvalue weighted by Crippen LogP contribution is 2.22. The first-order chi connectivity index (χ1) is 20.8.